The first kappa shape index (κ1) is 14.0. The third-order valence-corrected chi connectivity index (χ3v) is 2.94. The minimum atomic E-state index is -3.73. The van der Waals surface area contributed by atoms with Gasteiger partial charge in [0.1, 0.15) is 11.1 Å². The van der Waals surface area contributed by atoms with Gasteiger partial charge < -0.3 is 5.73 Å². The molecule has 0 aliphatic rings. The molecule has 0 radical (unpaired) electrons. The first-order chi connectivity index (χ1) is 8.34. The minimum Gasteiger partial charge on any atom is -0.387 e. The summed E-state index contributed by atoms with van der Waals surface area (Å²) >= 11 is 4.59. The molecule has 18 heavy (non-hydrogen) atoms. The molecule has 1 rings (SSSR count). The van der Waals surface area contributed by atoms with Crippen LogP contribution < -0.4 is 16.3 Å². The van der Waals surface area contributed by atoms with Gasteiger partial charge in [0, 0.05) is 0 Å². The molecule has 0 unspecified atom stereocenters. The van der Waals surface area contributed by atoms with Gasteiger partial charge in [-0.2, -0.15) is 10.4 Å². The summed E-state index contributed by atoms with van der Waals surface area (Å²) in [7, 11) is -3.73. The van der Waals surface area contributed by atoms with Gasteiger partial charge in [-0.1, -0.05) is 12.2 Å². The topological polar surface area (TPSA) is 134 Å². The van der Waals surface area contributed by atoms with E-state index in [0.29, 0.717) is 5.69 Å². The lowest BCUT2D eigenvalue weighted by atomic mass is 10.3. The first-order valence-corrected chi connectivity index (χ1v) is 6.46. The third-order valence-electron chi connectivity index (χ3n) is 1.82. The van der Waals surface area contributed by atoms with Crippen LogP contribution in [0.2, 0.25) is 0 Å². The van der Waals surface area contributed by atoms with E-state index in [2.05, 4.69) is 22.7 Å². The summed E-state index contributed by atoms with van der Waals surface area (Å²) in [6, 6.07) is 7.21. The van der Waals surface area contributed by atoms with Crippen LogP contribution in [0.3, 0.4) is 0 Å². The summed E-state index contributed by atoms with van der Waals surface area (Å²) in [5, 5.41) is 17.2. The fraction of sp³-hybridized carbons (Fsp3) is 0. The minimum absolute atomic E-state index is 0.0214. The van der Waals surface area contributed by atoms with E-state index >= 15 is 0 Å². The van der Waals surface area contributed by atoms with Gasteiger partial charge >= 0.3 is 0 Å². The normalized spacial score (nSPS) is 11.7. The molecule has 0 saturated heterocycles. The zero-order chi connectivity index (χ0) is 13.8. The molecule has 1 aromatic carbocycles. The summed E-state index contributed by atoms with van der Waals surface area (Å²) in [6.07, 6.45) is 0. The summed E-state index contributed by atoms with van der Waals surface area (Å²) < 4.78 is 22.0. The Kier molecular flexibility index (Phi) is 4.33. The Morgan fingerprint density at radius 2 is 1.94 bits per heavy atom. The van der Waals surface area contributed by atoms with E-state index in [1.165, 1.54) is 24.3 Å². The molecule has 1 aromatic rings. The lowest BCUT2D eigenvalue weighted by Gasteiger charge is -2.02. The van der Waals surface area contributed by atoms with E-state index in [4.69, 9.17) is 16.1 Å². The average Bonchev–Trinajstić information content (AvgIpc) is 2.29. The van der Waals surface area contributed by atoms with Crippen LogP contribution in [0.4, 0.5) is 5.69 Å². The molecule has 0 bridgehead atoms. The standard InChI is InChI=1S/C9H9N5O2S2/c10-5-8(9(11)17)14-13-6-1-3-7(4-2-6)18(12,15)16/h1-4,13H,(H2,11,17)(H2,12,15,16)/b14-8+. The van der Waals surface area contributed by atoms with Crippen molar-refractivity contribution in [2.75, 3.05) is 5.43 Å². The van der Waals surface area contributed by atoms with Gasteiger partial charge in [0.05, 0.1) is 10.6 Å². The van der Waals surface area contributed by atoms with Gasteiger partial charge in [-0.25, -0.2) is 13.6 Å². The number of nitrogens with two attached hydrogens (primary N) is 2. The second kappa shape index (κ2) is 5.54. The van der Waals surface area contributed by atoms with Crippen LogP contribution in [0.5, 0.6) is 0 Å². The summed E-state index contributed by atoms with van der Waals surface area (Å²) in [5.74, 6) is 0. The maximum atomic E-state index is 11.0. The molecule has 9 heteroatoms. The predicted octanol–water partition coefficient (Wildman–Crippen LogP) is -0.0884. The van der Waals surface area contributed by atoms with Crippen molar-refractivity contribution in [3.8, 4) is 6.07 Å². The number of thiocarbonyl (C=S) groups is 1. The Morgan fingerprint density at radius 3 is 2.33 bits per heavy atom. The van der Waals surface area contributed by atoms with Crippen LogP contribution in [-0.4, -0.2) is 19.1 Å². The number of hydrogen-bond donors (Lipinski definition) is 3. The van der Waals surface area contributed by atoms with E-state index in [1.807, 2.05) is 0 Å². The molecule has 0 spiro atoms. The molecule has 7 nitrogen and oxygen atoms in total. The van der Waals surface area contributed by atoms with Gasteiger partial charge in [0.25, 0.3) is 0 Å². The highest BCUT2D eigenvalue weighted by Crippen LogP contribution is 2.12. The van der Waals surface area contributed by atoms with Gasteiger partial charge in [-0.3, -0.25) is 5.43 Å². The Hall–Kier alpha value is -2.02. The highest BCUT2D eigenvalue weighted by molar-refractivity contribution is 7.89. The molecule has 0 saturated carbocycles. The smallest absolute Gasteiger partial charge is 0.238 e. The number of hydrogen-bond acceptors (Lipinski definition) is 6. The van der Waals surface area contributed by atoms with Gasteiger partial charge in [0.2, 0.25) is 10.0 Å². The van der Waals surface area contributed by atoms with E-state index in [9.17, 15) is 8.42 Å². The van der Waals surface area contributed by atoms with Crippen molar-refractivity contribution in [2.24, 2.45) is 16.0 Å². The number of nitriles is 1. The maximum Gasteiger partial charge on any atom is 0.238 e. The summed E-state index contributed by atoms with van der Waals surface area (Å²) in [6.45, 7) is 0. The monoisotopic (exact) mass is 283 g/mol. The number of nitrogens with one attached hydrogen (secondary N) is 1. The second-order valence-corrected chi connectivity index (χ2v) is 5.12. The van der Waals surface area contributed by atoms with Crippen LogP contribution in [0.25, 0.3) is 0 Å². The zero-order valence-corrected chi connectivity index (χ0v) is 10.6. The molecule has 0 atom stereocenters. The highest BCUT2D eigenvalue weighted by atomic mass is 32.2. The number of nitrogens with zero attached hydrogens (tertiary/aromatic N) is 2. The van der Waals surface area contributed by atoms with Crippen LogP contribution in [0.1, 0.15) is 0 Å². The summed E-state index contributed by atoms with van der Waals surface area (Å²) in [4.78, 5) is -0.155. The van der Waals surface area contributed by atoms with Crippen LogP contribution in [0.15, 0.2) is 34.3 Å². The molecular weight excluding hydrogens is 274 g/mol. The van der Waals surface area contributed by atoms with Gasteiger partial charge in [0.15, 0.2) is 5.71 Å². The van der Waals surface area contributed by atoms with E-state index in [0.717, 1.165) is 0 Å². The number of benzene rings is 1. The van der Waals surface area contributed by atoms with Gasteiger partial charge in [-0.05, 0) is 24.3 Å². The van der Waals surface area contributed by atoms with Crippen molar-refractivity contribution in [2.45, 2.75) is 4.90 Å². The number of hydrazone groups is 1. The number of sulfonamides is 1. The predicted molar refractivity (Wildman–Crippen MR) is 71.3 cm³/mol. The molecule has 0 heterocycles. The van der Waals surface area contributed by atoms with Crippen LogP contribution in [-0.2, 0) is 10.0 Å². The molecule has 0 amide bonds. The van der Waals surface area contributed by atoms with Crippen LogP contribution >= 0.6 is 12.2 Å². The van der Waals surface area contributed by atoms with E-state index in [1.54, 1.807) is 6.07 Å². The molecule has 94 valence electrons. The molecule has 0 aliphatic carbocycles. The Bertz CT molecular complexity index is 628. The van der Waals surface area contributed by atoms with Crippen molar-refractivity contribution in [1.82, 2.24) is 0 Å². The van der Waals surface area contributed by atoms with Crippen molar-refractivity contribution in [1.29, 1.82) is 5.26 Å². The number of rotatable bonds is 4. The van der Waals surface area contributed by atoms with Crippen molar-refractivity contribution in [3.05, 3.63) is 24.3 Å². The third kappa shape index (κ3) is 3.77. The Balaban J connectivity index is 2.89. The zero-order valence-electron chi connectivity index (χ0n) is 8.99. The highest BCUT2D eigenvalue weighted by Gasteiger charge is 2.06. The number of primary sulfonamides is 1. The van der Waals surface area contributed by atoms with E-state index < -0.39 is 10.0 Å². The largest absolute Gasteiger partial charge is 0.387 e. The Morgan fingerprint density at radius 1 is 1.39 bits per heavy atom. The van der Waals surface area contributed by atoms with E-state index in [-0.39, 0.29) is 15.6 Å². The number of anilines is 1. The molecule has 0 aromatic heterocycles. The molecule has 0 fully saturated rings. The average molecular weight is 283 g/mol. The lowest BCUT2D eigenvalue weighted by molar-refractivity contribution is 0.598. The van der Waals surface area contributed by atoms with Gasteiger partial charge in [-0.15, -0.1) is 0 Å². The fourth-order valence-corrected chi connectivity index (χ4v) is 1.58. The molecule has 0 aliphatic heterocycles. The molecule has 5 N–H and O–H groups in total. The van der Waals surface area contributed by atoms with Crippen LogP contribution in [0, 0.1) is 11.3 Å². The van der Waals surface area contributed by atoms with Crippen molar-refractivity contribution in [3.63, 3.8) is 0 Å². The lowest BCUT2D eigenvalue weighted by Crippen LogP contribution is -2.20. The van der Waals surface area contributed by atoms with Crippen molar-refractivity contribution < 1.29 is 8.42 Å². The second-order valence-electron chi connectivity index (χ2n) is 3.12. The summed E-state index contributed by atoms with van der Waals surface area (Å²) in [5.41, 5.74) is 8.09. The maximum absolute atomic E-state index is 11.0. The first-order valence-electron chi connectivity index (χ1n) is 4.51. The fourth-order valence-electron chi connectivity index (χ4n) is 0.975. The Labute approximate surface area is 109 Å². The van der Waals surface area contributed by atoms with Crippen molar-refractivity contribution >= 4 is 38.6 Å². The SMILES string of the molecule is N#C/C(=N\Nc1ccc(S(N)(=O)=O)cc1)C(N)=S. The quantitative estimate of drug-likeness (QED) is 0.401. The molecular formula is C9H9N5O2S2.